The first kappa shape index (κ1) is 10.2. The highest BCUT2D eigenvalue weighted by Crippen LogP contribution is 2.15. The first-order valence-corrected chi connectivity index (χ1v) is 4.40. The van der Waals surface area contributed by atoms with Gasteiger partial charge in [-0.2, -0.15) is 5.10 Å². The Labute approximate surface area is 78.7 Å². The summed E-state index contributed by atoms with van der Waals surface area (Å²) < 4.78 is 6.90. The molecule has 0 saturated heterocycles. The molecular weight excluding hydrogens is 166 g/mol. The molecule has 1 aromatic heterocycles. The first-order chi connectivity index (χ1) is 6.13. The third kappa shape index (κ3) is 2.82. The summed E-state index contributed by atoms with van der Waals surface area (Å²) in [6.45, 7) is 2.01. The van der Waals surface area contributed by atoms with Crippen LogP contribution in [0.4, 0.5) is 0 Å². The summed E-state index contributed by atoms with van der Waals surface area (Å²) in [4.78, 5) is 0. The van der Waals surface area contributed by atoms with Crippen molar-refractivity contribution in [2.45, 2.75) is 25.5 Å². The van der Waals surface area contributed by atoms with Gasteiger partial charge in [0, 0.05) is 32.0 Å². The van der Waals surface area contributed by atoms with Gasteiger partial charge in [-0.15, -0.1) is 0 Å². The third-order valence-corrected chi connectivity index (χ3v) is 2.14. The molecule has 0 spiro atoms. The molecule has 0 radical (unpaired) electrons. The normalized spacial score (nSPS) is 15.7. The van der Waals surface area contributed by atoms with Gasteiger partial charge < -0.3 is 10.5 Å². The van der Waals surface area contributed by atoms with Crippen LogP contribution in [-0.4, -0.2) is 23.0 Å². The van der Waals surface area contributed by atoms with Crippen LogP contribution in [0.3, 0.4) is 0 Å². The minimum Gasteiger partial charge on any atom is -0.382 e. The van der Waals surface area contributed by atoms with Crippen molar-refractivity contribution >= 4 is 0 Å². The number of methoxy groups -OCH3 is 1. The number of aromatic nitrogens is 2. The molecule has 74 valence electrons. The monoisotopic (exact) mass is 183 g/mol. The van der Waals surface area contributed by atoms with E-state index in [1.54, 1.807) is 18.0 Å². The van der Waals surface area contributed by atoms with E-state index in [9.17, 15) is 0 Å². The fourth-order valence-corrected chi connectivity index (χ4v) is 1.22. The van der Waals surface area contributed by atoms with E-state index in [0.717, 1.165) is 12.0 Å². The molecule has 0 aliphatic carbocycles. The molecule has 2 N–H and O–H groups in total. The van der Waals surface area contributed by atoms with Gasteiger partial charge in [0.1, 0.15) is 0 Å². The van der Waals surface area contributed by atoms with Gasteiger partial charge in [-0.25, -0.2) is 0 Å². The zero-order chi connectivity index (χ0) is 9.84. The number of hydrogen-bond donors (Lipinski definition) is 1. The Morgan fingerprint density at radius 2 is 2.38 bits per heavy atom. The largest absolute Gasteiger partial charge is 0.382 e. The maximum absolute atomic E-state index is 5.95. The van der Waals surface area contributed by atoms with Crippen LogP contribution in [0.25, 0.3) is 0 Å². The van der Waals surface area contributed by atoms with Gasteiger partial charge in [0.05, 0.1) is 12.3 Å². The number of hydrogen-bond acceptors (Lipinski definition) is 3. The van der Waals surface area contributed by atoms with Crippen LogP contribution >= 0.6 is 0 Å². The fraction of sp³-hybridized carbons (Fsp3) is 0.667. The zero-order valence-electron chi connectivity index (χ0n) is 8.40. The Bertz CT molecular complexity index is 259. The van der Waals surface area contributed by atoms with E-state index in [1.807, 2.05) is 20.2 Å². The Balaban J connectivity index is 2.53. The lowest BCUT2D eigenvalue weighted by atomic mass is 10.1. The van der Waals surface area contributed by atoms with Crippen molar-refractivity contribution < 1.29 is 4.74 Å². The van der Waals surface area contributed by atoms with Gasteiger partial charge in [0.25, 0.3) is 0 Å². The van der Waals surface area contributed by atoms with Crippen LogP contribution in [0.15, 0.2) is 12.4 Å². The predicted octanol–water partition coefficient (Wildman–Crippen LogP) is 0.845. The van der Waals surface area contributed by atoms with Gasteiger partial charge in [-0.05, 0) is 13.3 Å². The number of aryl methyl sites for hydroxylation is 1. The molecular formula is C9H17N3O. The molecule has 2 unspecified atom stereocenters. The molecule has 0 fully saturated rings. The molecule has 1 aromatic rings. The van der Waals surface area contributed by atoms with Crippen molar-refractivity contribution in [1.29, 1.82) is 0 Å². The van der Waals surface area contributed by atoms with Crippen molar-refractivity contribution in [3.8, 4) is 0 Å². The summed E-state index contributed by atoms with van der Waals surface area (Å²) in [7, 11) is 3.58. The minimum absolute atomic E-state index is 0.0173. The highest BCUT2D eigenvalue weighted by Gasteiger charge is 2.11. The molecule has 0 saturated carbocycles. The van der Waals surface area contributed by atoms with E-state index >= 15 is 0 Å². The maximum Gasteiger partial charge on any atom is 0.0561 e. The molecule has 0 amide bonds. The Hall–Kier alpha value is -0.870. The summed E-state index contributed by atoms with van der Waals surface area (Å²) in [6, 6.07) is 0.0173. The Kier molecular flexibility index (Phi) is 3.45. The summed E-state index contributed by atoms with van der Waals surface area (Å²) in [5, 5.41) is 4.07. The second kappa shape index (κ2) is 4.39. The number of ether oxygens (including phenoxy) is 1. The van der Waals surface area contributed by atoms with Crippen molar-refractivity contribution in [2.75, 3.05) is 7.11 Å². The molecule has 0 aromatic carbocycles. The quantitative estimate of drug-likeness (QED) is 0.752. The van der Waals surface area contributed by atoms with E-state index in [1.165, 1.54) is 0 Å². The maximum atomic E-state index is 5.95. The van der Waals surface area contributed by atoms with Crippen LogP contribution in [0, 0.1) is 0 Å². The number of nitrogens with two attached hydrogens (primary N) is 1. The lowest BCUT2D eigenvalue weighted by Crippen LogP contribution is -2.17. The van der Waals surface area contributed by atoms with Crippen molar-refractivity contribution in [1.82, 2.24) is 9.78 Å². The topological polar surface area (TPSA) is 53.1 Å². The van der Waals surface area contributed by atoms with E-state index < -0.39 is 0 Å². The Morgan fingerprint density at radius 1 is 1.69 bits per heavy atom. The van der Waals surface area contributed by atoms with E-state index in [4.69, 9.17) is 10.5 Å². The summed E-state index contributed by atoms with van der Waals surface area (Å²) >= 11 is 0. The summed E-state index contributed by atoms with van der Waals surface area (Å²) in [5.74, 6) is 0. The van der Waals surface area contributed by atoms with E-state index in [0.29, 0.717) is 0 Å². The minimum atomic E-state index is 0.0173. The predicted molar refractivity (Wildman–Crippen MR) is 51.2 cm³/mol. The molecule has 13 heavy (non-hydrogen) atoms. The van der Waals surface area contributed by atoms with Gasteiger partial charge in [0.2, 0.25) is 0 Å². The SMILES string of the molecule is COC(C)CC(N)c1cnn(C)c1. The molecule has 4 heteroatoms. The molecule has 0 aliphatic heterocycles. The lowest BCUT2D eigenvalue weighted by Gasteiger charge is -2.14. The second-order valence-corrected chi connectivity index (χ2v) is 3.34. The van der Waals surface area contributed by atoms with Gasteiger partial charge in [0.15, 0.2) is 0 Å². The standard InChI is InChI=1S/C9H17N3O/c1-7(13-3)4-9(10)8-5-11-12(2)6-8/h5-7,9H,4,10H2,1-3H3. The molecule has 2 atom stereocenters. The first-order valence-electron chi connectivity index (χ1n) is 4.40. The van der Waals surface area contributed by atoms with Crippen LogP contribution in [0.1, 0.15) is 24.9 Å². The van der Waals surface area contributed by atoms with Crippen LogP contribution < -0.4 is 5.73 Å². The Morgan fingerprint density at radius 3 is 2.85 bits per heavy atom. The average Bonchev–Trinajstić information content (AvgIpc) is 2.51. The number of nitrogens with zero attached hydrogens (tertiary/aromatic N) is 2. The van der Waals surface area contributed by atoms with Crippen LogP contribution in [0.5, 0.6) is 0 Å². The smallest absolute Gasteiger partial charge is 0.0561 e. The molecule has 1 heterocycles. The third-order valence-electron chi connectivity index (χ3n) is 2.14. The van der Waals surface area contributed by atoms with E-state index in [2.05, 4.69) is 5.10 Å². The van der Waals surface area contributed by atoms with Gasteiger partial charge in [-0.1, -0.05) is 0 Å². The lowest BCUT2D eigenvalue weighted by molar-refractivity contribution is 0.104. The molecule has 0 bridgehead atoms. The summed E-state index contributed by atoms with van der Waals surface area (Å²) in [6.07, 6.45) is 4.75. The van der Waals surface area contributed by atoms with E-state index in [-0.39, 0.29) is 12.1 Å². The van der Waals surface area contributed by atoms with Crippen LogP contribution in [-0.2, 0) is 11.8 Å². The fourth-order valence-electron chi connectivity index (χ4n) is 1.22. The zero-order valence-corrected chi connectivity index (χ0v) is 8.40. The molecule has 1 rings (SSSR count). The van der Waals surface area contributed by atoms with Crippen molar-refractivity contribution in [3.63, 3.8) is 0 Å². The van der Waals surface area contributed by atoms with Crippen LogP contribution in [0.2, 0.25) is 0 Å². The highest BCUT2D eigenvalue weighted by atomic mass is 16.5. The molecule has 4 nitrogen and oxygen atoms in total. The highest BCUT2D eigenvalue weighted by molar-refractivity contribution is 5.09. The molecule has 0 aliphatic rings. The van der Waals surface area contributed by atoms with Crippen molar-refractivity contribution in [2.24, 2.45) is 12.8 Å². The van der Waals surface area contributed by atoms with Crippen molar-refractivity contribution in [3.05, 3.63) is 18.0 Å². The average molecular weight is 183 g/mol. The second-order valence-electron chi connectivity index (χ2n) is 3.34. The van der Waals surface area contributed by atoms with Gasteiger partial charge >= 0.3 is 0 Å². The number of rotatable bonds is 4. The summed E-state index contributed by atoms with van der Waals surface area (Å²) in [5.41, 5.74) is 7.01. The van der Waals surface area contributed by atoms with Gasteiger partial charge in [-0.3, -0.25) is 4.68 Å².